The van der Waals surface area contributed by atoms with Gasteiger partial charge in [-0.3, -0.25) is 0 Å². The molecule has 0 heterocycles. The van der Waals surface area contributed by atoms with Crippen LogP contribution in [0.2, 0.25) is 0 Å². The van der Waals surface area contributed by atoms with Gasteiger partial charge in [-0.05, 0) is 24.0 Å². The second kappa shape index (κ2) is 3.19. The monoisotopic (exact) mass is 226 g/mol. The van der Waals surface area contributed by atoms with Gasteiger partial charge in [-0.15, -0.1) is 0 Å². The maximum Gasteiger partial charge on any atom is 0.0708 e. The second-order valence-electron chi connectivity index (χ2n) is 3.26. The average molecular weight is 227 g/mol. The Balaban J connectivity index is 2.34. The third kappa shape index (κ3) is 1.41. The van der Waals surface area contributed by atoms with Gasteiger partial charge in [0.2, 0.25) is 0 Å². The lowest BCUT2D eigenvalue weighted by atomic mass is 9.90. The maximum atomic E-state index is 9.58. The lowest BCUT2D eigenvalue weighted by Crippen LogP contribution is -2.30. The van der Waals surface area contributed by atoms with Crippen molar-refractivity contribution in [3.8, 4) is 0 Å². The van der Waals surface area contributed by atoms with E-state index in [0.717, 1.165) is 12.8 Å². The molecule has 0 saturated heterocycles. The van der Waals surface area contributed by atoms with Gasteiger partial charge in [-0.1, -0.05) is 40.2 Å². The Labute approximate surface area is 80.5 Å². The SMILES string of the molecule is O[C@H]1Cc2ccccc2C[C@@H]1Br. The summed E-state index contributed by atoms with van der Waals surface area (Å²) in [6.07, 6.45) is 1.50. The summed E-state index contributed by atoms with van der Waals surface area (Å²) >= 11 is 3.47. The minimum atomic E-state index is -0.222. The van der Waals surface area contributed by atoms with Gasteiger partial charge in [0.15, 0.2) is 0 Å². The van der Waals surface area contributed by atoms with Crippen LogP contribution >= 0.6 is 15.9 Å². The molecule has 0 unspecified atom stereocenters. The van der Waals surface area contributed by atoms with Gasteiger partial charge in [0.1, 0.15) is 0 Å². The molecule has 2 rings (SSSR count). The van der Waals surface area contributed by atoms with Crippen LogP contribution in [0.3, 0.4) is 0 Å². The highest BCUT2D eigenvalue weighted by Gasteiger charge is 2.23. The molecule has 12 heavy (non-hydrogen) atoms. The highest BCUT2D eigenvalue weighted by molar-refractivity contribution is 9.09. The number of alkyl halides is 1. The highest BCUT2D eigenvalue weighted by atomic mass is 79.9. The van der Waals surface area contributed by atoms with Crippen LogP contribution in [0.4, 0.5) is 0 Å². The largest absolute Gasteiger partial charge is 0.392 e. The van der Waals surface area contributed by atoms with Gasteiger partial charge in [0.25, 0.3) is 0 Å². The fourth-order valence-electron chi connectivity index (χ4n) is 1.66. The van der Waals surface area contributed by atoms with Crippen LogP contribution in [0.25, 0.3) is 0 Å². The topological polar surface area (TPSA) is 20.2 Å². The lowest BCUT2D eigenvalue weighted by molar-refractivity contribution is 0.167. The number of halogens is 1. The van der Waals surface area contributed by atoms with Gasteiger partial charge in [-0.2, -0.15) is 0 Å². The maximum absolute atomic E-state index is 9.58. The highest BCUT2D eigenvalue weighted by Crippen LogP contribution is 2.25. The molecule has 0 spiro atoms. The fraction of sp³-hybridized carbons (Fsp3) is 0.400. The van der Waals surface area contributed by atoms with Crippen molar-refractivity contribution in [2.45, 2.75) is 23.8 Å². The quantitative estimate of drug-likeness (QED) is 0.671. The molecule has 0 amide bonds. The van der Waals surface area contributed by atoms with Crippen LogP contribution < -0.4 is 0 Å². The molecule has 1 aromatic carbocycles. The van der Waals surface area contributed by atoms with E-state index in [4.69, 9.17) is 0 Å². The molecule has 2 atom stereocenters. The Kier molecular flexibility index (Phi) is 2.20. The first-order valence-corrected chi connectivity index (χ1v) is 5.08. The summed E-state index contributed by atoms with van der Waals surface area (Å²) in [7, 11) is 0. The number of aliphatic hydroxyl groups is 1. The zero-order valence-electron chi connectivity index (χ0n) is 6.70. The normalized spacial score (nSPS) is 28.2. The molecular weight excluding hydrogens is 216 g/mol. The second-order valence-corrected chi connectivity index (χ2v) is 4.44. The number of rotatable bonds is 0. The van der Waals surface area contributed by atoms with Crippen molar-refractivity contribution in [1.82, 2.24) is 0 Å². The van der Waals surface area contributed by atoms with E-state index in [1.165, 1.54) is 11.1 Å². The number of hydrogen-bond donors (Lipinski definition) is 1. The molecule has 1 aliphatic carbocycles. The molecule has 1 aliphatic rings. The first kappa shape index (κ1) is 8.27. The molecular formula is C10H11BrO. The van der Waals surface area contributed by atoms with E-state index in [-0.39, 0.29) is 10.9 Å². The predicted molar refractivity (Wildman–Crippen MR) is 52.6 cm³/mol. The van der Waals surface area contributed by atoms with Crippen molar-refractivity contribution in [2.24, 2.45) is 0 Å². The summed E-state index contributed by atoms with van der Waals surface area (Å²) in [6, 6.07) is 8.31. The summed E-state index contributed by atoms with van der Waals surface area (Å²) in [5.41, 5.74) is 2.66. The van der Waals surface area contributed by atoms with Crippen molar-refractivity contribution in [2.75, 3.05) is 0 Å². The van der Waals surface area contributed by atoms with E-state index in [1.54, 1.807) is 0 Å². The Morgan fingerprint density at radius 3 is 2.42 bits per heavy atom. The van der Waals surface area contributed by atoms with Crippen molar-refractivity contribution in [3.63, 3.8) is 0 Å². The minimum Gasteiger partial charge on any atom is -0.392 e. The van der Waals surface area contributed by atoms with Crippen molar-refractivity contribution in [3.05, 3.63) is 35.4 Å². The Morgan fingerprint density at radius 1 is 1.17 bits per heavy atom. The molecule has 0 fully saturated rings. The minimum absolute atomic E-state index is 0.222. The Bertz CT molecular complexity index is 256. The van der Waals surface area contributed by atoms with Crippen molar-refractivity contribution >= 4 is 15.9 Å². The van der Waals surface area contributed by atoms with Gasteiger partial charge < -0.3 is 5.11 Å². The molecule has 0 aliphatic heterocycles. The van der Waals surface area contributed by atoms with E-state index >= 15 is 0 Å². The van der Waals surface area contributed by atoms with Crippen molar-refractivity contribution < 1.29 is 5.11 Å². The van der Waals surface area contributed by atoms with Crippen LogP contribution in [0.15, 0.2) is 24.3 Å². The predicted octanol–water partition coefficient (Wildman–Crippen LogP) is 1.91. The number of benzene rings is 1. The molecule has 1 aromatic rings. The van der Waals surface area contributed by atoms with E-state index in [9.17, 15) is 5.11 Å². The molecule has 0 bridgehead atoms. The molecule has 1 N–H and O–H groups in total. The zero-order valence-corrected chi connectivity index (χ0v) is 8.29. The molecule has 0 aromatic heterocycles. The van der Waals surface area contributed by atoms with Gasteiger partial charge in [0.05, 0.1) is 6.10 Å². The van der Waals surface area contributed by atoms with E-state index in [0.29, 0.717) is 0 Å². The first-order valence-electron chi connectivity index (χ1n) is 4.16. The van der Waals surface area contributed by atoms with Crippen LogP contribution in [0, 0.1) is 0 Å². The molecule has 0 radical (unpaired) electrons. The van der Waals surface area contributed by atoms with E-state index in [1.807, 2.05) is 6.07 Å². The molecule has 64 valence electrons. The molecule has 0 saturated carbocycles. The third-order valence-corrected chi connectivity index (χ3v) is 3.31. The smallest absolute Gasteiger partial charge is 0.0708 e. The lowest BCUT2D eigenvalue weighted by Gasteiger charge is -2.25. The zero-order chi connectivity index (χ0) is 8.55. The van der Waals surface area contributed by atoms with Crippen LogP contribution in [0.1, 0.15) is 11.1 Å². The van der Waals surface area contributed by atoms with E-state index in [2.05, 4.69) is 34.1 Å². The Morgan fingerprint density at radius 2 is 1.75 bits per heavy atom. The first-order chi connectivity index (χ1) is 5.77. The summed E-state index contributed by atoms with van der Waals surface area (Å²) < 4.78 is 0. The van der Waals surface area contributed by atoms with Crippen LogP contribution in [-0.4, -0.2) is 16.0 Å². The van der Waals surface area contributed by atoms with E-state index < -0.39 is 0 Å². The van der Waals surface area contributed by atoms with Crippen LogP contribution in [0.5, 0.6) is 0 Å². The van der Waals surface area contributed by atoms with Gasteiger partial charge in [-0.25, -0.2) is 0 Å². The van der Waals surface area contributed by atoms with Gasteiger partial charge in [0, 0.05) is 4.83 Å². The standard InChI is InChI=1S/C10H11BrO/c11-9-5-7-3-1-2-4-8(7)6-10(9)12/h1-4,9-10,12H,5-6H2/t9-,10-/m0/s1. The number of fused-ring (bicyclic) bond motifs is 1. The number of aliphatic hydroxyl groups excluding tert-OH is 1. The average Bonchev–Trinajstić information content (AvgIpc) is 2.07. The Hall–Kier alpha value is -0.340. The molecule has 2 heteroatoms. The summed E-state index contributed by atoms with van der Waals surface area (Å²) in [6.45, 7) is 0. The molecule has 1 nitrogen and oxygen atoms in total. The number of hydrogen-bond acceptors (Lipinski definition) is 1. The van der Waals surface area contributed by atoms with Gasteiger partial charge >= 0.3 is 0 Å². The summed E-state index contributed by atoms with van der Waals surface area (Å²) in [5, 5.41) is 9.58. The summed E-state index contributed by atoms with van der Waals surface area (Å²) in [5.74, 6) is 0. The van der Waals surface area contributed by atoms with Crippen LogP contribution in [-0.2, 0) is 12.8 Å². The van der Waals surface area contributed by atoms with Crippen molar-refractivity contribution in [1.29, 1.82) is 0 Å². The third-order valence-electron chi connectivity index (χ3n) is 2.38. The fourth-order valence-corrected chi connectivity index (χ4v) is 2.19. The summed E-state index contributed by atoms with van der Waals surface area (Å²) in [4.78, 5) is 0.229.